The second-order valence-corrected chi connectivity index (χ2v) is 4.91. The molecular weight excluding hydrogens is 357 g/mol. The Bertz CT molecular complexity index is 663. The molecule has 19 heavy (non-hydrogen) atoms. The maximum atomic E-state index is 12.0. The number of anilines is 1. The van der Waals surface area contributed by atoms with Gasteiger partial charge in [-0.15, -0.1) is 0 Å². The highest BCUT2D eigenvalue weighted by molar-refractivity contribution is 14.1. The lowest BCUT2D eigenvalue weighted by atomic mass is 10.2. The highest BCUT2D eigenvalue weighted by Crippen LogP contribution is 2.20. The summed E-state index contributed by atoms with van der Waals surface area (Å²) in [6.45, 7) is 0. The molecule has 2 N–H and O–H groups in total. The normalized spacial score (nSPS) is 9.68. The van der Waals surface area contributed by atoms with Crippen LogP contribution in [-0.4, -0.2) is 16.0 Å². The second-order valence-electron chi connectivity index (χ2n) is 3.66. The molecule has 0 saturated heterocycles. The molecule has 0 spiro atoms. The van der Waals surface area contributed by atoms with Crippen molar-refractivity contribution in [2.45, 2.75) is 0 Å². The molecule has 0 saturated carbocycles. The Kier molecular flexibility index (Phi) is 3.97. The summed E-state index contributed by atoms with van der Waals surface area (Å²) in [5.41, 5.74) is 0.591. The Labute approximate surface area is 123 Å². The summed E-state index contributed by atoms with van der Waals surface area (Å²) in [5.74, 6) is -0.220. The summed E-state index contributed by atoms with van der Waals surface area (Å²) in [5, 5.41) is 20.8. The van der Waals surface area contributed by atoms with Gasteiger partial charge >= 0.3 is 0 Å². The summed E-state index contributed by atoms with van der Waals surface area (Å²) in [7, 11) is 0. The third-order valence-electron chi connectivity index (χ3n) is 2.34. The van der Waals surface area contributed by atoms with Gasteiger partial charge in [0.1, 0.15) is 17.6 Å². The minimum absolute atomic E-state index is 0.0911. The third kappa shape index (κ3) is 3.20. The van der Waals surface area contributed by atoms with Crippen molar-refractivity contribution in [3.8, 4) is 11.8 Å². The molecule has 6 heteroatoms. The number of hydrogen-bond acceptors (Lipinski definition) is 4. The summed E-state index contributed by atoms with van der Waals surface area (Å²) in [4.78, 5) is 15.9. The highest BCUT2D eigenvalue weighted by Gasteiger charge is 2.12. The molecule has 0 radical (unpaired) electrons. The standard InChI is InChI=1S/C13H8IN3O2/c14-9-2-3-11(18)10(5-9)13(19)17-12-4-1-8(6-15)7-16-12/h1-5,7,18H,(H,16,17,19). The third-order valence-corrected chi connectivity index (χ3v) is 3.01. The maximum absolute atomic E-state index is 12.0. The van der Waals surface area contributed by atoms with E-state index in [1.165, 1.54) is 18.3 Å². The highest BCUT2D eigenvalue weighted by atomic mass is 127. The van der Waals surface area contributed by atoms with E-state index in [9.17, 15) is 9.90 Å². The first kappa shape index (κ1) is 13.3. The molecule has 0 unspecified atom stereocenters. The Hall–Kier alpha value is -2.14. The lowest BCUT2D eigenvalue weighted by Gasteiger charge is -2.06. The summed E-state index contributed by atoms with van der Waals surface area (Å²) < 4.78 is 0.841. The van der Waals surface area contributed by atoms with Gasteiger partial charge in [0.15, 0.2) is 0 Å². The molecule has 0 atom stereocenters. The van der Waals surface area contributed by atoms with E-state index in [-0.39, 0.29) is 11.3 Å². The molecule has 0 aliphatic rings. The number of carbonyl (C=O) groups excluding carboxylic acids is 1. The number of nitrogens with one attached hydrogen (secondary N) is 1. The summed E-state index contributed by atoms with van der Waals surface area (Å²) in [6, 6.07) is 9.76. The van der Waals surface area contributed by atoms with Gasteiger partial charge in [-0.1, -0.05) is 0 Å². The molecule has 1 amide bonds. The number of rotatable bonds is 2. The number of aromatic nitrogens is 1. The van der Waals surface area contributed by atoms with Crippen LogP contribution in [0.15, 0.2) is 36.5 Å². The number of halogens is 1. The molecule has 1 aromatic carbocycles. The van der Waals surface area contributed by atoms with E-state index in [4.69, 9.17) is 5.26 Å². The molecule has 1 heterocycles. The molecule has 0 aliphatic carbocycles. The van der Waals surface area contributed by atoms with E-state index in [0.29, 0.717) is 11.4 Å². The molecule has 0 aliphatic heterocycles. The number of amides is 1. The first-order valence-electron chi connectivity index (χ1n) is 5.26. The van der Waals surface area contributed by atoms with Gasteiger partial charge < -0.3 is 10.4 Å². The number of carbonyl (C=O) groups is 1. The minimum Gasteiger partial charge on any atom is -0.507 e. The van der Waals surface area contributed by atoms with Gasteiger partial charge in [-0.25, -0.2) is 4.98 Å². The van der Waals surface area contributed by atoms with E-state index in [1.807, 2.05) is 6.07 Å². The van der Waals surface area contributed by atoms with Crippen molar-refractivity contribution in [1.29, 1.82) is 5.26 Å². The lowest BCUT2D eigenvalue weighted by molar-refractivity contribution is 0.102. The topological polar surface area (TPSA) is 86.0 Å². The van der Waals surface area contributed by atoms with Crippen molar-refractivity contribution < 1.29 is 9.90 Å². The van der Waals surface area contributed by atoms with Crippen LogP contribution in [0.2, 0.25) is 0 Å². The fourth-order valence-electron chi connectivity index (χ4n) is 1.41. The fourth-order valence-corrected chi connectivity index (χ4v) is 1.90. The molecule has 0 bridgehead atoms. The van der Waals surface area contributed by atoms with Gasteiger partial charge in [0.25, 0.3) is 5.91 Å². The van der Waals surface area contributed by atoms with E-state index >= 15 is 0 Å². The molecule has 2 aromatic rings. The molecule has 5 nitrogen and oxygen atoms in total. The van der Waals surface area contributed by atoms with E-state index in [1.54, 1.807) is 18.2 Å². The van der Waals surface area contributed by atoms with Crippen molar-refractivity contribution >= 4 is 34.3 Å². The number of nitriles is 1. The van der Waals surface area contributed by atoms with Gasteiger partial charge in [0.2, 0.25) is 0 Å². The zero-order valence-electron chi connectivity index (χ0n) is 9.59. The van der Waals surface area contributed by atoms with Crippen LogP contribution in [0.3, 0.4) is 0 Å². The molecule has 94 valence electrons. The van der Waals surface area contributed by atoms with Crippen LogP contribution < -0.4 is 5.32 Å². The minimum atomic E-state index is -0.451. The van der Waals surface area contributed by atoms with Crippen LogP contribution in [0.4, 0.5) is 5.82 Å². The Balaban J connectivity index is 2.21. The number of benzene rings is 1. The zero-order valence-corrected chi connectivity index (χ0v) is 11.7. The predicted molar refractivity (Wildman–Crippen MR) is 77.7 cm³/mol. The Morgan fingerprint density at radius 1 is 1.37 bits per heavy atom. The van der Waals surface area contributed by atoms with E-state index < -0.39 is 5.91 Å². The average Bonchev–Trinajstić information content (AvgIpc) is 2.42. The van der Waals surface area contributed by atoms with Gasteiger partial charge in [-0.3, -0.25) is 4.79 Å². The lowest BCUT2D eigenvalue weighted by Crippen LogP contribution is -2.13. The largest absolute Gasteiger partial charge is 0.507 e. The van der Waals surface area contributed by atoms with Crippen LogP contribution >= 0.6 is 22.6 Å². The predicted octanol–water partition coefficient (Wildman–Crippen LogP) is 2.52. The Morgan fingerprint density at radius 3 is 2.79 bits per heavy atom. The quantitative estimate of drug-likeness (QED) is 0.801. The number of hydrogen-bond donors (Lipinski definition) is 2. The number of phenolic OH excluding ortho intramolecular Hbond substituents is 1. The van der Waals surface area contributed by atoms with Gasteiger partial charge in [-0.2, -0.15) is 5.26 Å². The van der Waals surface area contributed by atoms with Crippen LogP contribution in [-0.2, 0) is 0 Å². The maximum Gasteiger partial charge on any atom is 0.260 e. The molecule has 1 aromatic heterocycles. The van der Waals surface area contributed by atoms with Crippen molar-refractivity contribution in [1.82, 2.24) is 4.98 Å². The first-order valence-corrected chi connectivity index (χ1v) is 6.34. The van der Waals surface area contributed by atoms with Crippen LogP contribution in [0.25, 0.3) is 0 Å². The van der Waals surface area contributed by atoms with Gasteiger partial charge in [0.05, 0.1) is 11.1 Å². The van der Waals surface area contributed by atoms with Crippen molar-refractivity contribution in [2.75, 3.05) is 5.32 Å². The summed E-state index contributed by atoms with van der Waals surface area (Å²) >= 11 is 2.05. The molecular formula is C13H8IN3O2. The molecule has 2 rings (SSSR count). The monoisotopic (exact) mass is 365 g/mol. The van der Waals surface area contributed by atoms with Gasteiger partial charge in [-0.05, 0) is 52.9 Å². The fraction of sp³-hybridized carbons (Fsp3) is 0. The Morgan fingerprint density at radius 2 is 2.16 bits per heavy atom. The number of pyridine rings is 1. The van der Waals surface area contributed by atoms with Crippen molar-refractivity contribution in [3.05, 3.63) is 51.2 Å². The first-order chi connectivity index (χ1) is 9.10. The smallest absolute Gasteiger partial charge is 0.260 e. The van der Waals surface area contributed by atoms with E-state index in [0.717, 1.165) is 3.57 Å². The van der Waals surface area contributed by atoms with E-state index in [2.05, 4.69) is 32.9 Å². The van der Waals surface area contributed by atoms with Crippen molar-refractivity contribution in [3.63, 3.8) is 0 Å². The molecule has 0 fully saturated rings. The van der Waals surface area contributed by atoms with Crippen LogP contribution in [0.5, 0.6) is 5.75 Å². The van der Waals surface area contributed by atoms with Crippen molar-refractivity contribution in [2.24, 2.45) is 0 Å². The van der Waals surface area contributed by atoms with Crippen LogP contribution in [0.1, 0.15) is 15.9 Å². The SMILES string of the molecule is N#Cc1ccc(NC(=O)c2cc(I)ccc2O)nc1. The summed E-state index contributed by atoms with van der Waals surface area (Å²) in [6.07, 6.45) is 1.37. The number of phenols is 1. The van der Waals surface area contributed by atoms with Gasteiger partial charge in [0, 0.05) is 9.77 Å². The zero-order chi connectivity index (χ0) is 13.8. The average molecular weight is 365 g/mol. The number of aromatic hydroxyl groups is 1. The number of nitrogens with zero attached hydrogens (tertiary/aromatic N) is 2. The second kappa shape index (κ2) is 5.67. The van der Waals surface area contributed by atoms with Crippen LogP contribution in [0, 0.1) is 14.9 Å².